The summed E-state index contributed by atoms with van der Waals surface area (Å²) in [5, 5.41) is 21.9. The molecule has 0 saturated heterocycles. The number of fused-ring (bicyclic) bond motifs is 1. The average molecular weight is 508 g/mol. The van der Waals surface area contributed by atoms with Gasteiger partial charge in [-0.25, -0.2) is 9.78 Å². The zero-order valence-corrected chi connectivity index (χ0v) is 21.4. The number of benzene rings is 1. The van der Waals surface area contributed by atoms with Gasteiger partial charge >= 0.3 is 11.8 Å². The molecular weight excluding hydrogens is 474 g/mol. The van der Waals surface area contributed by atoms with Gasteiger partial charge in [-0.3, -0.25) is 15.1 Å². The van der Waals surface area contributed by atoms with Crippen molar-refractivity contribution in [3.63, 3.8) is 0 Å². The van der Waals surface area contributed by atoms with E-state index in [1.54, 1.807) is 6.20 Å². The summed E-state index contributed by atoms with van der Waals surface area (Å²) >= 11 is 0. The molecule has 0 spiro atoms. The van der Waals surface area contributed by atoms with Crippen molar-refractivity contribution in [1.29, 1.82) is 0 Å². The van der Waals surface area contributed by atoms with E-state index in [0.717, 1.165) is 42.1 Å². The molecule has 0 atom stereocenters. The first-order valence-corrected chi connectivity index (χ1v) is 12.5. The number of carbonyl (C=O) groups excluding carboxylic acids is 1. The van der Waals surface area contributed by atoms with Crippen LogP contribution in [0.1, 0.15) is 52.0 Å². The summed E-state index contributed by atoms with van der Waals surface area (Å²) in [4.78, 5) is 36.0. The van der Waals surface area contributed by atoms with Crippen LogP contribution in [-0.4, -0.2) is 44.2 Å². The molecule has 1 aliphatic carbocycles. The molecule has 0 unspecified atom stereocenters. The highest BCUT2D eigenvalue weighted by Crippen LogP contribution is 2.28. The van der Waals surface area contributed by atoms with E-state index in [1.165, 1.54) is 6.20 Å². The molecule has 196 valence electrons. The van der Waals surface area contributed by atoms with E-state index in [-0.39, 0.29) is 17.5 Å². The molecule has 0 bridgehead atoms. The quantitative estimate of drug-likeness (QED) is 0.282. The number of carbonyl (C=O) groups is 1. The van der Waals surface area contributed by atoms with Gasteiger partial charge in [0.15, 0.2) is 0 Å². The Morgan fingerprint density at radius 1 is 1.11 bits per heavy atom. The van der Waals surface area contributed by atoms with Crippen molar-refractivity contribution in [2.24, 2.45) is 5.92 Å². The lowest BCUT2D eigenvalue weighted by Crippen LogP contribution is -2.41. The van der Waals surface area contributed by atoms with Crippen LogP contribution in [-0.2, 0) is 11.3 Å². The highest BCUT2D eigenvalue weighted by Gasteiger charge is 2.26. The van der Waals surface area contributed by atoms with Gasteiger partial charge in [-0.2, -0.15) is 4.98 Å². The van der Waals surface area contributed by atoms with Crippen LogP contribution >= 0.6 is 0 Å². The Morgan fingerprint density at radius 2 is 1.89 bits per heavy atom. The third kappa shape index (κ3) is 7.25. The number of nitro groups is 1. The maximum Gasteiger partial charge on any atom is 0.407 e. The maximum atomic E-state index is 12.0. The lowest BCUT2D eigenvalue weighted by atomic mass is 9.86. The van der Waals surface area contributed by atoms with Gasteiger partial charge in [-0.05, 0) is 70.1 Å². The van der Waals surface area contributed by atoms with Gasteiger partial charge in [0.25, 0.3) is 0 Å². The van der Waals surface area contributed by atoms with Gasteiger partial charge in [0, 0.05) is 30.7 Å². The van der Waals surface area contributed by atoms with Crippen LogP contribution in [0.5, 0.6) is 0 Å². The number of hydrogen-bond acceptors (Lipinski definition) is 9. The minimum atomic E-state index is -0.530. The van der Waals surface area contributed by atoms with Crippen LogP contribution in [0.15, 0.2) is 42.7 Å². The zero-order valence-electron chi connectivity index (χ0n) is 21.4. The molecule has 3 N–H and O–H groups in total. The summed E-state index contributed by atoms with van der Waals surface area (Å²) < 4.78 is 5.34. The summed E-state index contributed by atoms with van der Waals surface area (Å²) in [7, 11) is 0. The molecule has 1 aromatic carbocycles. The predicted molar refractivity (Wildman–Crippen MR) is 141 cm³/mol. The normalized spacial score (nSPS) is 17.7. The van der Waals surface area contributed by atoms with Crippen LogP contribution in [0.2, 0.25) is 0 Å². The number of amides is 1. The van der Waals surface area contributed by atoms with E-state index in [1.807, 2.05) is 51.1 Å². The molecule has 1 amide bonds. The molecule has 2 heterocycles. The number of pyridine rings is 1. The third-order valence-electron chi connectivity index (χ3n) is 6.26. The number of alkyl carbamates (subject to hydrolysis) is 1. The number of hydrogen-bond donors (Lipinski definition) is 3. The second-order valence-electron chi connectivity index (χ2n) is 10.3. The average Bonchev–Trinajstić information content (AvgIpc) is 2.85. The molecule has 1 saturated carbocycles. The first-order chi connectivity index (χ1) is 17.7. The summed E-state index contributed by atoms with van der Waals surface area (Å²) in [6.45, 7) is 6.51. The minimum Gasteiger partial charge on any atom is -0.444 e. The van der Waals surface area contributed by atoms with E-state index in [2.05, 4.69) is 30.9 Å². The summed E-state index contributed by atoms with van der Waals surface area (Å²) in [5.41, 5.74) is 1.22. The molecule has 4 rings (SSSR count). The first-order valence-electron chi connectivity index (χ1n) is 12.5. The molecule has 0 radical (unpaired) electrons. The fourth-order valence-corrected chi connectivity index (χ4v) is 4.45. The van der Waals surface area contributed by atoms with Crippen molar-refractivity contribution < 1.29 is 14.5 Å². The molecule has 11 nitrogen and oxygen atoms in total. The Kier molecular flexibility index (Phi) is 8.00. The van der Waals surface area contributed by atoms with Crippen molar-refractivity contribution in [3.05, 3.63) is 58.4 Å². The molecule has 2 aromatic heterocycles. The van der Waals surface area contributed by atoms with Crippen LogP contribution < -0.4 is 16.0 Å². The smallest absolute Gasteiger partial charge is 0.407 e. The highest BCUT2D eigenvalue weighted by molar-refractivity contribution is 5.82. The molecule has 1 fully saturated rings. The van der Waals surface area contributed by atoms with Gasteiger partial charge < -0.3 is 20.7 Å². The van der Waals surface area contributed by atoms with Crippen LogP contribution in [0.3, 0.4) is 0 Å². The minimum absolute atomic E-state index is 0.0690. The van der Waals surface area contributed by atoms with Crippen LogP contribution in [0.4, 0.5) is 22.2 Å². The van der Waals surface area contributed by atoms with Gasteiger partial charge in [0.2, 0.25) is 11.8 Å². The molecule has 1 aliphatic rings. The Balaban J connectivity index is 1.33. The lowest BCUT2D eigenvalue weighted by molar-refractivity contribution is -0.384. The predicted octanol–water partition coefficient (Wildman–Crippen LogP) is 5.04. The van der Waals surface area contributed by atoms with E-state index in [9.17, 15) is 14.9 Å². The number of rotatable bonds is 8. The van der Waals surface area contributed by atoms with E-state index >= 15 is 0 Å². The molecule has 11 heteroatoms. The Morgan fingerprint density at radius 3 is 2.62 bits per heavy atom. The van der Waals surface area contributed by atoms with Crippen LogP contribution in [0, 0.1) is 16.0 Å². The number of nitrogens with zero attached hydrogens (tertiary/aromatic N) is 4. The largest absolute Gasteiger partial charge is 0.444 e. The summed E-state index contributed by atoms with van der Waals surface area (Å²) in [5.74, 6) is 0.807. The summed E-state index contributed by atoms with van der Waals surface area (Å²) in [6, 6.07) is 9.84. The van der Waals surface area contributed by atoms with Crippen molar-refractivity contribution in [2.45, 2.75) is 64.6 Å². The number of ether oxygens (including phenoxy) is 1. The third-order valence-corrected chi connectivity index (χ3v) is 6.26. The monoisotopic (exact) mass is 507 g/mol. The SMILES string of the molecule is CC(C)(C)OC(=O)NC1CCC(CNc2nc(NCc3cccc4ncccc34)ncc2[N+](=O)[O-])CC1. The van der Waals surface area contributed by atoms with Crippen molar-refractivity contribution in [3.8, 4) is 0 Å². The maximum absolute atomic E-state index is 12.0. The van der Waals surface area contributed by atoms with Gasteiger partial charge in [-0.1, -0.05) is 18.2 Å². The summed E-state index contributed by atoms with van der Waals surface area (Å²) in [6.07, 6.45) is 5.99. The van der Waals surface area contributed by atoms with Gasteiger partial charge in [-0.15, -0.1) is 0 Å². The second-order valence-corrected chi connectivity index (χ2v) is 10.3. The van der Waals surface area contributed by atoms with Gasteiger partial charge in [0.05, 0.1) is 10.4 Å². The molecule has 37 heavy (non-hydrogen) atoms. The van der Waals surface area contributed by atoms with E-state index in [4.69, 9.17) is 4.74 Å². The number of anilines is 2. The Labute approximate surface area is 215 Å². The molecule has 3 aromatic rings. The van der Waals surface area contributed by atoms with Crippen molar-refractivity contribution in [1.82, 2.24) is 20.3 Å². The molecular formula is C26H33N7O4. The Hall–Kier alpha value is -4.02. The van der Waals surface area contributed by atoms with Crippen molar-refractivity contribution in [2.75, 3.05) is 17.2 Å². The fourth-order valence-electron chi connectivity index (χ4n) is 4.45. The van der Waals surface area contributed by atoms with Crippen molar-refractivity contribution >= 4 is 34.4 Å². The van der Waals surface area contributed by atoms with Crippen LogP contribution in [0.25, 0.3) is 10.9 Å². The number of aromatic nitrogens is 3. The zero-order chi connectivity index (χ0) is 26.4. The fraction of sp³-hybridized carbons (Fsp3) is 0.462. The van der Waals surface area contributed by atoms with Gasteiger partial charge in [0.1, 0.15) is 11.8 Å². The Bertz CT molecular complexity index is 1250. The second kappa shape index (κ2) is 11.4. The number of nitrogens with one attached hydrogen (secondary N) is 3. The standard InChI is InChI=1S/C26H33N7O4/c1-26(2,3)37-25(34)31-19-11-9-17(10-12-19)14-28-23-22(33(35)36)16-30-24(32-23)29-15-18-6-4-8-21-20(18)7-5-13-27-21/h4-8,13,16-17,19H,9-12,14-15H2,1-3H3,(H,31,34)(H2,28,29,30,32). The van der Waals surface area contributed by atoms with E-state index in [0.29, 0.717) is 25.0 Å². The topological polar surface area (TPSA) is 144 Å². The lowest BCUT2D eigenvalue weighted by Gasteiger charge is -2.30. The van der Waals surface area contributed by atoms with E-state index < -0.39 is 16.6 Å². The first kappa shape index (κ1) is 26.1. The molecule has 0 aliphatic heterocycles. The highest BCUT2D eigenvalue weighted by atomic mass is 16.6.